The summed E-state index contributed by atoms with van der Waals surface area (Å²) >= 11 is 3.42. The molecule has 196 valence electrons. The molecule has 0 aliphatic carbocycles. The van der Waals surface area contributed by atoms with Crippen molar-refractivity contribution in [1.82, 2.24) is 4.90 Å². The number of hydrogen-bond donors (Lipinski definition) is 1. The number of ether oxygens (including phenoxy) is 2. The van der Waals surface area contributed by atoms with Gasteiger partial charge >= 0.3 is 11.9 Å². The third kappa shape index (κ3) is 5.73. The van der Waals surface area contributed by atoms with Gasteiger partial charge in [0.25, 0.3) is 0 Å². The standard InChI is InChI=1S/C28H31IN2O5S/c1-27(2,3)36-24(33)20-22(32)31-17-28(15-10-16-29,25(30)37-23(20)31)26(34)35-21(18-11-6-4-7-12-18)19-13-8-5-9-14-19/h4-15,20-21,23,25H,16-17,30H2,1-3H3/t20?,23-,25?,28?/m1/s1. The van der Waals surface area contributed by atoms with Crippen LogP contribution < -0.4 is 5.73 Å². The summed E-state index contributed by atoms with van der Waals surface area (Å²) in [6.07, 6.45) is 2.98. The van der Waals surface area contributed by atoms with E-state index in [2.05, 4.69) is 22.6 Å². The van der Waals surface area contributed by atoms with Gasteiger partial charge in [-0.3, -0.25) is 14.4 Å². The summed E-state index contributed by atoms with van der Waals surface area (Å²) in [6.45, 7) is 5.32. The van der Waals surface area contributed by atoms with E-state index >= 15 is 0 Å². The van der Waals surface area contributed by atoms with E-state index in [0.29, 0.717) is 4.43 Å². The van der Waals surface area contributed by atoms with E-state index in [9.17, 15) is 14.4 Å². The van der Waals surface area contributed by atoms with E-state index in [-0.39, 0.29) is 12.5 Å². The number of amides is 1. The number of hydrogen-bond acceptors (Lipinski definition) is 7. The van der Waals surface area contributed by atoms with Crippen LogP contribution in [0.25, 0.3) is 0 Å². The fourth-order valence-electron chi connectivity index (χ4n) is 4.52. The minimum absolute atomic E-state index is 0.0340. The molecule has 0 radical (unpaired) electrons. The fourth-order valence-corrected chi connectivity index (χ4v) is 6.28. The fraction of sp³-hybridized carbons (Fsp3) is 0.393. The van der Waals surface area contributed by atoms with Gasteiger partial charge in [-0.2, -0.15) is 0 Å². The summed E-state index contributed by atoms with van der Waals surface area (Å²) < 4.78 is 12.3. The van der Waals surface area contributed by atoms with Crippen molar-refractivity contribution >= 4 is 52.2 Å². The molecule has 2 aromatic carbocycles. The average molecular weight is 635 g/mol. The first-order valence-corrected chi connectivity index (χ1v) is 14.5. The van der Waals surface area contributed by atoms with E-state index < -0.39 is 45.7 Å². The Kier molecular flexibility index (Phi) is 8.35. The lowest BCUT2D eigenvalue weighted by atomic mass is 9.83. The van der Waals surface area contributed by atoms with Crippen molar-refractivity contribution in [2.45, 2.75) is 43.2 Å². The second-order valence-electron chi connectivity index (χ2n) is 10.1. The summed E-state index contributed by atoms with van der Waals surface area (Å²) in [5.41, 5.74) is 6.32. The van der Waals surface area contributed by atoms with Gasteiger partial charge in [0.1, 0.15) is 16.4 Å². The summed E-state index contributed by atoms with van der Waals surface area (Å²) in [7, 11) is 0. The van der Waals surface area contributed by atoms with Crippen molar-refractivity contribution < 1.29 is 23.9 Å². The number of fused-ring (bicyclic) bond motifs is 1. The molecular weight excluding hydrogens is 603 g/mol. The van der Waals surface area contributed by atoms with Crippen LogP contribution in [0.4, 0.5) is 0 Å². The van der Waals surface area contributed by atoms with E-state index in [1.165, 1.54) is 11.8 Å². The Morgan fingerprint density at radius 3 is 2.22 bits per heavy atom. The highest BCUT2D eigenvalue weighted by atomic mass is 127. The number of alkyl halides is 1. The SMILES string of the molecule is CC(C)(C)OC(=O)C1C(=O)N2CC(C=CCI)(C(=O)OC(c3ccccc3)c3ccccc3)C(N)S[C@H]12. The zero-order chi connectivity index (χ0) is 26.8. The molecule has 2 N–H and O–H groups in total. The molecule has 0 aromatic heterocycles. The Morgan fingerprint density at radius 1 is 1.14 bits per heavy atom. The summed E-state index contributed by atoms with van der Waals surface area (Å²) in [5, 5.41) is -1.21. The molecule has 2 aliphatic heterocycles. The van der Waals surface area contributed by atoms with Crippen molar-refractivity contribution in [2.24, 2.45) is 17.1 Å². The minimum atomic E-state index is -1.28. The molecule has 4 atom stereocenters. The van der Waals surface area contributed by atoms with Gasteiger partial charge in [-0.05, 0) is 31.9 Å². The van der Waals surface area contributed by atoms with Crippen molar-refractivity contribution in [3.8, 4) is 0 Å². The number of nitrogens with zero attached hydrogens (tertiary/aromatic N) is 1. The number of nitrogens with two attached hydrogens (primary N) is 1. The van der Waals surface area contributed by atoms with E-state index in [1.807, 2.05) is 66.7 Å². The second kappa shape index (κ2) is 11.2. The molecule has 4 rings (SSSR count). The summed E-state index contributed by atoms with van der Waals surface area (Å²) in [5.74, 6) is -2.37. The summed E-state index contributed by atoms with van der Waals surface area (Å²) in [6, 6.07) is 19.0. The molecule has 9 heteroatoms. The second-order valence-corrected chi connectivity index (χ2v) is 12.3. The number of rotatable bonds is 7. The van der Waals surface area contributed by atoms with Crippen LogP contribution >= 0.6 is 34.4 Å². The Labute approximate surface area is 235 Å². The van der Waals surface area contributed by atoms with Gasteiger partial charge in [0.15, 0.2) is 12.0 Å². The number of esters is 2. The van der Waals surface area contributed by atoms with E-state index in [4.69, 9.17) is 15.2 Å². The number of allylic oxidation sites excluding steroid dienone is 1. The molecule has 2 heterocycles. The molecule has 2 saturated heterocycles. The molecule has 37 heavy (non-hydrogen) atoms. The minimum Gasteiger partial charge on any atom is -0.459 e. The Hall–Kier alpha value is -2.37. The Morgan fingerprint density at radius 2 is 1.70 bits per heavy atom. The highest BCUT2D eigenvalue weighted by Gasteiger charge is 2.63. The van der Waals surface area contributed by atoms with Crippen LogP contribution in [0.3, 0.4) is 0 Å². The highest BCUT2D eigenvalue weighted by Crippen LogP contribution is 2.50. The van der Waals surface area contributed by atoms with Gasteiger partial charge in [-0.1, -0.05) is 95.4 Å². The molecule has 3 unspecified atom stereocenters. The molecule has 0 bridgehead atoms. The zero-order valence-corrected chi connectivity index (χ0v) is 24.0. The largest absolute Gasteiger partial charge is 0.459 e. The number of benzene rings is 2. The maximum atomic E-state index is 14.0. The monoisotopic (exact) mass is 634 g/mol. The first-order valence-electron chi connectivity index (χ1n) is 12.1. The molecule has 7 nitrogen and oxygen atoms in total. The van der Waals surface area contributed by atoms with Gasteiger partial charge < -0.3 is 20.1 Å². The molecule has 2 aliphatic rings. The van der Waals surface area contributed by atoms with Crippen LogP contribution in [0, 0.1) is 11.3 Å². The van der Waals surface area contributed by atoms with Crippen LogP contribution in [0.1, 0.15) is 38.0 Å². The Balaban J connectivity index is 1.62. The lowest BCUT2D eigenvalue weighted by Gasteiger charge is -2.55. The van der Waals surface area contributed by atoms with Gasteiger partial charge in [0, 0.05) is 11.0 Å². The zero-order valence-electron chi connectivity index (χ0n) is 21.0. The smallest absolute Gasteiger partial charge is 0.322 e. The first-order chi connectivity index (χ1) is 17.6. The quantitative estimate of drug-likeness (QED) is 0.120. The van der Waals surface area contributed by atoms with Crippen molar-refractivity contribution in [3.05, 3.63) is 83.9 Å². The number of carbonyl (C=O) groups is 3. The molecule has 0 spiro atoms. The molecule has 0 saturated carbocycles. The number of halogens is 1. The maximum absolute atomic E-state index is 14.0. The van der Waals surface area contributed by atoms with Crippen LogP contribution in [-0.4, -0.2) is 50.1 Å². The predicted octanol–water partition coefficient (Wildman–Crippen LogP) is 4.45. The Bertz CT molecular complexity index is 1130. The van der Waals surface area contributed by atoms with Crippen LogP contribution in [-0.2, 0) is 23.9 Å². The van der Waals surface area contributed by atoms with Gasteiger partial charge in [0.2, 0.25) is 5.91 Å². The number of carbonyl (C=O) groups excluding carboxylic acids is 3. The van der Waals surface area contributed by atoms with Crippen LogP contribution in [0.2, 0.25) is 0 Å². The first kappa shape index (κ1) is 27.7. The lowest BCUT2D eigenvalue weighted by molar-refractivity contribution is -0.178. The predicted molar refractivity (Wildman–Crippen MR) is 152 cm³/mol. The van der Waals surface area contributed by atoms with Crippen molar-refractivity contribution in [2.75, 3.05) is 11.0 Å². The van der Waals surface area contributed by atoms with E-state index in [0.717, 1.165) is 11.1 Å². The summed E-state index contributed by atoms with van der Waals surface area (Å²) in [4.78, 5) is 41.3. The van der Waals surface area contributed by atoms with Gasteiger partial charge in [-0.25, -0.2) is 0 Å². The molecule has 2 fully saturated rings. The van der Waals surface area contributed by atoms with Gasteiger partial charge in [-0.15, -0.1) is 11.8 Å². The number of β-lactam (4-membered cyclic amide) rings is 1. The maximum Gasteiger partial charge on any atom is 0.322 e. The van der Waals surface area contributed by atoms with Gasteiger partial charge in [0.05, 0.1) is 5.37 Å². The number of thioether (sulfide) groups is 1. The topological polar surface area (TPSA) is 98.9 Å². The van der Waals surface area contributed by atoms with Crippen LogP contribution in [0.5, 0.6) is 0 Å². The molecule has 2 aromatic rings. The molecule has 1 amide bonds. The van der Waals surface area contributed by atoms with Crippen molar-refractivity contribution in [1.29, 1.82) is 0 Å². The third-order valence-corrected chi connectivity index (χ3v) is 8.37. The normalized spacial score (nSPS) is 25.5. The lowest BCUT2D eigenvalue weighted by Crippen LogP contribution is -2.71. The molecular formula is C28H31IN2O5S. The average Bonchev–Trinajstić information content (AvgIpc) is 2.86. The van der Waals surface area contributed by atoms with Crippen LogP contribution in [0.15, 0.2) is 72.8 Å². The van der Waals surface area contributed by atoms with Crippen molar-refractivity contribution in [3.63, 3.8) is 0 Å². The van der Waals surface area contributed by atoms with E-state index in [1.54, 1.807) is 31.7 Å². The highest BCUT2D eigenvalue weighted by molar-refractivity contribution is 14.1. The third-order valence-electron chi connectivity index (χ3n) is 6.34.